The van der Waals surface area contributed by atoms with Crippen LogP contribution in [0.4, 0.5) is 0 Å². The van der Waals surface area contributed by atoms with Gasteiger partial charge in [0, 0.05) is 18.0 Å². The molecule has 1 aliphatic rings. The van der Waals surface area contributed by atoms with Crippen molar-refractivity contribution in [1.82, 2.24) is 4.90 Å². The van der Waals surface area contributed by atoms with Gasteiger partial charge in [0.15, 0.2) is 0 Å². The Balaban J connectivity index is 1.55. The van der Waals surface area contributed by atoms with Gasteiger partial charge in [-0.2, -0.15) is 0 Å². The van der Waals surface area contributed by atoms with Gasteiger partial charge in [-0.1, -0.05) is 6.07 Å². The highest BCUT2D eigenvalue weighted by molar-refractivity contribution is 7.09. The Kier molecular flexibility index (Phi) is 4.18. The Labute approximate surface area is 95.5 Å². The number of likely N-dealkylation sites (tertiary alicyclic amines) is 1. The van der Waals surface area contributed by atoms with E-state index in [1.807, 2.05) is 11.3 Å². The van der Waals surface area contributed by atoms with Crippen molar-refractivity contribution in [2.45, 2.75) is 31.8 Å². The minimum atomic E-state index is -0.0673. The zero-order valence-electron chi connectivity index (χ0n) is 9.06. The molecule has 1 atom stereocenters. The molecule has 0 saturated carbocycles. The van der Waals surface area contributed by atoms with Crippen molar-refractivity contribution in [3.05, 3.63) is 22.4 Å². The van der Waals surface area contributed by atoms with E-state index >= 15 is 0 Å². The minimum Gasteiger partial charge on any atom is -0.392 e. The molecule has 0 aliphatic carbocycles. The van der Waals surface area contributed by atoms with E-state index in [1.165, 1.54) is 24.1 Å². The number of aryl methyl sites for hydroxylation is 1. The van der Waals surface area contributed by atoms with Gasteiger partial charge in [-0.05, 0) is 43.7 Å². The largest absolute Gasteiger partial charge is 0.392 e. The Morgan fingerprint density at radius 1 is 1.47 bits per heavy atom. The fourth-order valence-corrected chi connectivity index (χ4v) is 2.86. The van der Waals surface area contributed by atoms with Crippen LogP contribution in [0.3, 0.4) is 0 Å². The Bertz CT molecular complexity index is 273. The average Bonchev–Trinajstić information content (AvgIpc) is 2.84. The molecular formula is C12H19NOS. The van der Waals surface area contributed by atoms with Crippen molar-refractivity contribution >= 4 is 11.3 Å². The molecule has 2 nitrogen and oxygen atoms in total. The van der Waals surface area contributed by atoms with Crippen LogP contribution < -0.4 is 0 Å². The molecule has 1 aromatic rings. The average molecular weight is 225 g/mol. The standard InChI is InChI=1S/C12H19NOS/c14-11-6-8-13(10-11)7-2-1-4-12-5-3-9-15-12/h3,5,9,11,14H,1-2,4,6-8,10H2. The maximum Gasteiger partial charge on any atom is 0.0679 e. The number of unbranched alkanes of at least 4 members (excludes halogenated alkanes) is 1. The van der Waals surface area contributed by atoms with Crippen molar-refractivity contribution in [3.8, 4) is 0 Å². The lowest BCUT2D eigenvalue weighted by molar-refractivity contribution is 0.176. The second-order valence-electron chi connectivity index (χ2n) is 4.28. The second kappa shape index (κ2) is 5.64. The highest BCUT2D eigenvalue weighted by Gasteiger charge is 2.18. The maximum absolute atomic E-state index is 9.37. The lowest BCUT2D eigenvalue weighted by Gasteiger charge is -2.13. The van der Waals surface area contributed by atoms with Gasteiger partial charge in [-0.25, -0.2) is 0 Å². The summed E-state index contributed by atoms with van der Waals surface area (Å²) in [5.41, 5.74) is 0. The van der Waals surface area contributed by atoms with E-state index < -0.39 is 0 Å². The molecule has 1 aliphatic heterocycles. The Hall–Kier alpha value is -0.380. The fraction of sp³-hybridized carbons (Fsp3) is 0.667. The number of hydrogen-bond donors (Lipinski definition) is 1. The van der Waals surface area contributed by atoms with Gasteiger partial charge in [0.2, 0.25) is 0 Å². The van der Waals surface area contributed by atoms with Gasteiger partial charge >= 0.3 is 0 Å². The third-order valence-electron chi connectivity index (χ3n) is 2.98. The first-order chi connectivity index (χ1) is 7.34. The summed E-state index contributed by atoms with van der Waals surface area (Å²) in [5, 5.41) is 11.5. The van der Waals surface area contributed by atoms with Crippen molar-refractivity contribution in [1.29, 1.82) is 0 Å². The SMILES string of the molecule is OC1CCN(CCCCc2cccs2)C1. The predicted molar refractivity (Wildman–Crippen MR) is 64.3 cm³/mol. The summed E-state index contributed by atoms with van der Waals surface area (Å²) in [6.45, 7) is 3.13. The molecular weight excluding hydrogens is 206 g/mol. The molecule has 1 unspecified atom stereocenters. The van der Waals surface area contributed by atoms with Gasteiger partial charge in [0.25, 0.3) is 0 Å². The number of β-amino-alcohol motifs (C(OH)–C–C–N with tert-alkyl or cyclic N) is 1. The summed E-state index contributed by atoms with van der Waals surface area (Å²) in [4.78, 5) is 3.87. The number of thiophene rings is 1. The van der Waals surface area contributed by atoms with Gasteiger partial charge in [-0.15, -0.1) is 11.3 Å². The topological polar surface area (TPSA) is 23.5 Å². The molecule has 0 spiro atoms. The van der Waals surface area contributed by atoms with E-state index in [1.54, 1.807) is 0 Å². The van der Waals surface area contributed by atoms with Crippen molar-refractivity contribution in [2.75, 3.05) is 19.6 Å². The molecule has 84 valence electrons. The summed E-state index contributed by atoms with van der Waals surface area (Å²) in [6, 6.07) is 4.33. The monoisotopic (exact) mass is 225 g/mol. The molecule has 15 heavy (non-hydrogen) atoms. The maximum atomic E-state index is 9.37. The van der Waals surface area contributed by atoms with Gasteiger partial charge in [0.05, 0.1) is 6.10 Å². The number of rotatable bonds is 5. The second-order valence-corrected chi connectivity index (χ2v) is 5.31. The van der Waals surface area contributed by atoms with Crippen molar-refractivity contribution in [2.24, 2.45) is 0 Å². The molecule has 0 bridgehead atoms. The molecule has 1 aromatic heterocycles. The van der Waals surface area contributed by atoms with Crippen LogP contribution in [0.25, 0.3) is 0 Å². The highest BCUT2D eigenvalue weighted by Crippen LogP contribution is 2.13. The van der Waals surface area contributed by atoms with Crippen LogP contribution in [0.1, 0.15) is 24.1 Å². The van der Waals surface area contributed by atoms with Crippen LogP contribution in [0.15, 0.2) is 17.5 Å². The predicted octanol–water partition coefficient (Wildman–Crippen LogP) is 2.14. The first-order valence-corrected chi connectivity index (χ1v) is 6.65. The van der Waals surface area contributed by atoms with Crippen molar-refractivity contribution in [3.63, 3.8) is 0 Å². The lowest BCUT2D eigenvalue weighted by atomic mass is 10.2. The normalized spacial score (nSPS) is 22.3. The number of nitrogens with zero attached hydrogens (tertiary/aromatic N) is 1. The lowest BCUT2D eigenvalue weighted by Crippen LogP contribution is -2.23. The summed E-state index contributed by atoms with van der Waals surface area (Å²) >= 11 is 1.85. The van der Waals surface area contributed by atoms with E-state index in [2.05, 4.69) is 22.4 Å². The molecule has 1 N–H and O–H groups in total. The van der Waals surface area contributed by atoms with Crippen molar-refractivity contribution < 1.29 is 5.11 Å². The first-order valence-electron chi connectivity index (χ1n) is 5.77. The van der Waals surface area contributed by atoms with Crippen LogP contribution in [0, 0.1) is 0 Å². The Morgan fingerprint density at radius 3 is 3.07 bits per heavy atom. The van der Waals surface area contributed by atoms with Gasteiger partial charge < -0.3 is 10.0 Å². The molecule has 2 heterocycles. The first kappa shape index (κ1) is 11.1. The summed E-state index contributed by atoms with van der Waals surface area (Å²) in [7, 11) is 0. The van der Waals surface area contributed by atoms with E-state index in [-0.39, 0.29) is 6.10 Å². The summed E-state index contributed by atoms with van der Waals surface area (Å²) < 4.78 is 0. The van der Waals surface area contributed by atoms with E-state index in [0.717, 1.165) is 26.1 Å². The van der Waals surface area contributed by atoms with Gasteiger partial charge in [0.1, 0.15) is 0 Å². The van der Waals surface area contributed by atoms with E-state index in [9.17, 15) is 5.11 Å². The molecule has 3 heteroatoms. The smallest absolute Gasteiger partial charge is 0.0679 e. The van der Waals surface area contributed by atoms with Crippen LogP contribution >= 0.6 is 11.3 Å². The molecule has 1 fully saturated rings. The quantitative estimate of drug-likeness (QED) is 0.776. The molecule has 0 amide bonds. The summed E-state index contributed by atoms with van der Waals surface area (Å²) in [5.74, 6) is 0. The minimum absolute atomic E-state index is 0.0673. The Morgan fingerprint density at radius 2 is 2.40 bits per heavy atom. The molecule has 0 aromatic carbocycles. The third kappa shape index (κ3) is 3.59. The molecule has 0 radical (unpaired) electrons. The molecule has 2 rings (SSSR count). The van der Waals surface area contributed by atoms with E-state index in [0.29, 0.717) is 0 Å². The summed E-state index contributed by atoms with van der Waals surface area (Å²) in [6.07, 6.45) is 4.64. The zero-order chi connectivity index (χ0) is 10.5. The number of aliphatic hydroxyl groups is 1. The van der Waals surface area contributed by atoms with E-state index in [4.69, 9.17) is 0 Å². The number of hydrogen-bond acceptors (Lipinski definition) is 3. The van der Waals surface area contributed by atoms with Crippen LogP contribution in [0.5, 0.6) is 0 Å². The third-order valence-corrected chi connectivity index (χ3v) is 3.91. The van der Waals surface area contributed by atoms with Gasteiger partial charge in [-0.3, -0.25) is 0 Å². The zero-order valence-corrected chi connectivity index (χ0v) is 9.88. The van der Waals surface area contributed by atoms with Crippen LogP contribution in [0.2, 0.25) is 0 Å². The fourth-order valence-electron chi connectivity index (χ4n) is 2.10. The molecule has 1 saturated heterocycles. The van der Waals surface area contributed by atoms with Crippen LogP contribution in [-0.4, -0.2) is 35.7 Å². The van der Waals surface area contributed by atoms with Crippen LogP contribution in [-0.2, 0) is 6.42 Å². The highest BCUT2D eigenvalue weighted by atomic mass is 32.1. The number of aliphatic hydroxyl groups excluding tert-OH is 1.